The Labute approximate surface area is 115 Å². The molecular formula is C16H12O4. The first-order valence-corrected chi connectivity index (χ1v) is 6.22. The Morgan fingerprint density at radius 2 is 1.30 bits per heavy atom. The lowest BCUT2D eigenvalue weighted by Gasteiger charge is -2.27. The molecule has 1 aliphatic rings. The van der Waals surface area contributed by atoms with Crippen molar-refractivity contribution in [1.29, 1.82) is 0 Å². The molecule has 100 valence electrons. The van der Waals surface area contributed by atoms with Crippen LogP contribution < -0.4 is 0 Å². The van der Waals surface area contributed by atoms with Crippen LogP contribution in [0.5, 0.6) is 0 Å². The summed E-state index contributed by atoms with van der Waals surface area (Å²) in [6.07, 6.45) is -1.54. The Bertz CT molecular complexity index is 609. The van der Waals surface area contributed by atoms with E-state index >= 15 is 0 Å². The second-order valence-electron chi connectivity index (χ2n) is 4.65. The maximum absolute atomic E-state index is 12.3. The van der Waals surface area contributed by atoms with Gasteiger partial charge in [0.2, 0.25) is 0 Å². The first kappa shape index (κ1) is 12.6. The van der Waals surface area contributed by atoms with Crippen LogP contribution in [0.25, 0.3) is 0 Å². The normalized spacial score (nSPS) is 20.8. The molecule has 4 heteroatoms. The molecule has 1 heterocycles. The average molecular weight is 268 g/mol. The van der Waals surface area contributed by atoms with Gasteiger partial charge >= 0.3 is 11.9 Å². The summed E-state index contributed by atoms with van der Waals surface area (Å²) < 4.78 is 4.67. The maximum atomic E-state index is 12.3. The second-order valence-corrected chi connectivity index (χ2v) is 4.65. The van der Waals surface area contributed by atoms with Crippen molar-refractivity contribution >= 4 is 11.9 Å². The van der Waals surface area contributed by atoms with Crippen molar-refractivity contribution < 1.29 is 19.4 Å². The van der Waals surface area contributed by atoms with Crippen molar-refractivity contribution in [1.82, 2.24) is 0 Å². The van der Waals surface area contributed by atoms with Crippen molar-refractivity contribution in [2.75, 3.05) is 0 Å². The SMILES string of the molecule is O=C1OC(=O)C(c2ccccc2)(c2ccccc2)C1O. The molecule has 0 spiro atoms. The predicted molar refractivity (Wildman–Crippen MR) is 70.8 cm³/mol. The second kappa shape index (κ2) is 4.58. The van der Waals surface area contributed by atoms with Gasteiger partial charge in [-0.2, -0.15) is 0 Å². The van der Waals surface area contributed by atoms with Crippen molar-refractivity contribution in [2.24, 2.45) is 0 Å². The number of cyclic esters (lactones) is 2. The van der Waals surface area contributed by atoms with Crippen LogP contribution >= 0.6 is 0 Å². The van der Waals surface area contributed by atoms with E-state index < -0.39 is 23.5 Å². The first-order chi connectivity index (χ1) is 9.67. The lowest BCUT2D eigenvalue weighted by molar-refractivity contribution is -0.154. The molecule has 0 aliphatic carbocycles. The zero-order valence-corrected chi connectivity index (χ0v) is 10.5. The maximum Gasteiger partial charge on any atom is 0.344 e. The van der Waals surface area contributed by atoms with E-state index in [0.29, 0.717) is 11.1 Å². The molecule has 1 atom stereocenters. The Morgan fingerprint density at radius 1 is 0.850 bits per heavy atom. The van der Waals surface area contributed by atoms with Gasteiger partial charge in [-0.15, -0.1) is 0 Å². The van der Waals surface area contributed by atoms with Crippen molar-refractivity contribution in [2.45, 2.75) is 11.5 Å². The number of benzene rings is 2. The van der Waals surface area contributed by atoms with E-state index in [1.165, 1.54) is 0 Å². The number of esters is 2. The summed E-state index contributed by atoms with van der Waals surface area (Å²) in [6.45, 7) is 0. The molecule has 20 heavy (non-hydrogen) atoms. The summed E-state index contributed by atoms with van der Waals surface area (Å²) in [5.74, 6) is -1.66. The molecule has 2 aromatic carbocycles. The molecule has 4 nitrogen and oxygen atoms in total. The van der Waals surface area contributed by atoms with Crippen molar-refractivity contribution in [3.05, 3.63) is 71.8 Å². The molecule has 1 N–H and O–H groups in total. The Kier molecular flexibility index (Phi) is 2.88. The lowest BCUT2D eigenvalue weighted by Crippen LogP contribution is -2.43. The van der Waals surface area contributed by atoms with Gasteiger partial charge in [-0.1, -0.05) is 60.7 Å². The van der Waals surface area contributed by atoms with Crippen LogP contribution in [0.15, 0.2) is 60.7 Å². The van der Waals surface area contributed by atoms with E-state index in [4.69, 9.17) is 0 Å². The van der Waals surface area contributed by atoms with Crippen LogP contribution in [0.2, 0.25) is 0 Å². The molecule has 0 saturated carbocycles. The molecular weight excluding hydrogens is 256 g/mol. The molecule has 0 bridgehead atoms. The number of hydrogen-bond donors (Lipinski definition) is 1. The van der Waals surface area contributed by atoms with Crippen molar-refractivity contribution in [3.63, 3.8) is 0 Å². The number of carbonyl (C=O) groups excluding carboxylic acids is 2. The van der Waals surface area contributed by atoms with Gasteiger partial charge in [-0.3, -0.25) is 4.79 Å². The number of aliphatic hydroxyl groups excluding tert-OH is 1. The van der Waals surface area contributed by atoms with Crippen LogP contribution in [-0.4, -0.2) is 23.1 Å². The fraction of sp³-hybridized carbons (Fsp3) is 0.125. The predicted octanol–water partition coefficient (Wildman–Crippen LogP) is 1.42. The van der Waals surface area contributed by atoms with Crippen LogP contribution in [0, 0.1) is 0 Å². The number of carbonyl (C=O) groups is 2. The van der Waals surface area contributed by atoms with E-state index in [-0.39, 0.29) is 0 Å². The van der Waals surface area contributed by atoms with E-state index in [1.807, 2.05) is 0 Å². The summed E-state index contributed by atoms with van der Waals surface area (Å²) in [5, 5.41) is 10.3. The van der Waals surface area contributed by atoms with Gasteiger partial charge in [0.15, 0.2) is 11.5 Å². The zero-order chi connectivity index (χ0) is 14.2. The fourth-order valence-electron chi connectivity index (χ4n) is 2.64. The summed E-state index contributed by atoms with van der Waals surface area (Å²) >= 11 is 0. The zero-order valence-electron chi connectivity index (χ0n) is 10.5. The smallest absolute Gasteiger partial charge is 0.344 e. The van der Waals surface area contributed by atoms with Crippen LogP contribution in [0.3, 0.4) is 0 Å². The van der Waals surface area contributed by atoms with E-state index in [1.54, 1.807) is 60.7 Å². The highest BCUT2D eigenvalue weighted by Crippen LogP contribution is 2.41. The molecule has 3 rings (SSSR count). The van der Waals surface area contributed by atoms with Crippen LogP contribution in [0.1, 0.15) is 11.1 Å². The van der Waals surface area contributed by atoms with Crippen LogP contribution in [0.4, 0.5) is 0 Å². The van der Waals surface area contributed by atoms with Crippen LogP contribution in [-0.2, 0) is 19.7 Å². The van der Waals surface area contributed by atoms with Gasteiger partial charge in [-0.25, -0.2) is 4.79 Å². The highest BCUT2D eigenvalue weighted by Gasteiger charge is 2.59. The Morgan fingerprint density at radius 3 is 1.65 bits per heavy atom. The fourth-order valence-corrected chi connectivity index (χ4v) is 2.64. The molecule has 1 unspecified atom stereocenters. The minimum atomic E-state index is -1.54. The third-order valence-corrected chi connectivity index (χ3v) is 3.61. The number of aliphatic hydroxyl groups is 1. The van der Waals surface area contributed by atoms with E-state index in [2.05, 4.69) is 4.74 Å². The molecule has 0 radical (unpaired) electrons. The first-order valence-electron chi connectivity index (χ1n) is 6.22. The largest absolute Gasteiger partial charge is 0.390 e. The Hall–Kier alpha value is -2.46. The summed E-state index contributed by atoms with van der Waals surface area (Å²) in [6, 6.07) is 17.4. The highest BCUT2D eigenvalue weighted by atomic mass is 16.6. The van der Waals surface area contributed by atoms with Gasteiger partial charge in [0.25, 0.3) is 0 Å². The van der Waals surface area contributed by atoms with Gasteiger partial charge in [0.1, 0.15) is 0 Å². The molecule has 0 amide bonds. The summed E-state index contributed by atoms with van der Waals surface area (Å²) in [5.41, 5.74) is -0.413. The average Bonchev–Trinajstić information content (AvgIpc) is 2.72. The topological polar surface area (TPSA) is 63.6 Å². The van der Waals surface area contributed by atoms with Gasteiger partial charge in [-0.05, 0) is 11.1 Å². The van der Waals surface area contributed by atoms with E-state index in [9.17, 15) is 14.7 Å². The van der Waals surface area contributed by atoms with Gasteiger partial charge < -0.3 is 9.84 Å². The third-order valence-electron chi connectivity index (χ3n) is 3.61. The number of rotatable bonds is 2. The summed E-state index contributed by atoms with van der Waals surface area (Å²) in [4.78, 5) is 24.0. The quantitative estimate of drug-likeness (QED) is 0.661. The Balaban J connectivity index is 2.30. The standard InChI is InChI=1S/C16H12O4/c17-13-14(18)20-15(19)16(13,11-7-3-1-4-8-11)12-9-5-2-6-10-12/h1-10,13,17H. The molecule has 2 aromatic rings. The minimum Gasteiger partial charge on any atom is -0.390 e. The molecule has 1 aliphatic heterocycles. The summed E-state index contributed by atoms with van der Waals surface area (Å²) in [7, 11) is 0. The molecule has 1 fully saturated rings. The molecule has 1 saturated heterocycles. The number of hydrogen-bond acceptors (Lipinski definition) is 4. The van der Waals surface area contributed by atoms with Gasteiger partial charge in [0.05, 0.1) is 0 Å². The third kappa shape index (κ3) is 1.58. The highest BCUT2D eigenvalue weighted by molar-refractivity contribution is 6.06. The monoisotopic (exact) mass is 268 g/mol. The van der Waals surface area contributed by atoms with Crippen molar-refractivity contribution in [3.8, 4) is 0 Å². The van der Waals surface area contributed by atoms with Gasteiger partial charge in [0, 0.05) is 0 Å². The minimum absolute atomic E-state index is 0.537. The number of ether oxygens (including phenoxy) is 1. The lowest BCUT2D eigenvalue weighted by atomic mass is 9.71. The van der Waals surface area contributed by atoms with E-state index in [0.717, 1.165) is 0 Å². The molecule has 0 aromatic heterocycles.